The quantitative estimate of drug-likeness (QED) is 0.725. The molecule has 1 aromatic heterocycles. The van der Waals surface area contributed by atoms with Gasteiger partial charge in [-0.3, -0.25) is 4.79 Å². The topological polar surface area (TPSA) is 52.6 Å². The van der Waals surface area contributed by atoms with Gasteiger partial charge in [-0.15, -0.1) is 10.2 Å². The summed E-state index contributed by atoms with van der Waals surface area (Å²) in [6, 6.07) is 11.7. The second-order valence-electron chi connectivity index (χ2n) is 7.44. The third-order valence-electron chi connectivity index (χ3n) is 5.53. The third-order valence-corrected chi connectivity index (χ3v) is 6.02. The summed E-state index contributed by atoms with van der Waals surface area (Å²) in [5.41, 5.74) is 0.726. The number of amides is 1. The number of carbonyl (C=O) groups is 1. The van der Waals surface area contributed by atoms with Crippen LogP contribution in [0.1, 0.15) is 36.0 Å². The lowest BCUT2D eigenvalue weighted by atomic mass is 10.2. The summed E-state index contributed by atoms with van der Waals surface area (Å²) >= 11 is 3.44. The van der Waals surface area contributed by atoms with Crippen molar-refractivity contribution in [1.29, 1.82) is 0 Å². The Balaban J connectivity index is 1.35. The largest absolute Gasteiger partial charge is 0.355 e. The van der Waals surface area contributed by atoms with Crippen LogP contribution in [0.4, 0.5) is 11.6 Å². The van der Waals surface area contributed by atoms with Crippen molar-refractivity contribution in [2.75, 3.05) is 49.1 Å². The van der Waals surface area contributed by atoms with Crippen molar-refractivity contribution in [1.82, 2.24) is 15.1 Å². The Labute approximate surface area is 174 Å². The first kappa shape index (κ1) is 19.2. The minimum Gasteiger partial charge on any atom is -0.355 e. The number of benzene rings is 1. The van der Waals surface area contributed by atoms with Gasteiger partial charge in [-0.05, 0) is 43.2 Å². The zero-order chi connectivity index (χ0) is 19.3. The molecule has 1 amide bonds. The van der Waals surface area contributed by atoms with E-state index in [1.165, 1.54) is 25.7 Å². The smallest absolute Gasteiger partial charge is 0.254 e. The highest BCUT2D eigenvalue weighted by Gasteiger charge is 2.23. The van der Waals surface area contributed by atoms with Crippen LogP contribution in [0.5, 0.6) is 0 Å². The first-order chi connectivity index (χ1) is 13.7. The highest BCUT2D eigenvalue weighted by Crippen LogP contribution is 2.20. The van der Waals surface area contributed by atoms with Crippen molar-refractivity contribution in [2.24, 2.45) is 0 Å². The number of hydrogen-bond acceptors (Lipinski definition) is 5. The second kappa shape index (κ2) is 8.90. The molecule has 0 bridgehead atoms. The fourth-order valence-corrected chi connectivity index (χ4v) is 4.30. The van der Waals surface area contributed by atoms with E-state index < -0.39 is 0 Å². The van der Waals surface area contributed by atoms with Crippen LogP contribution in [0.25, 0.3) is 0 Å². The molecule has 0 unspecified atom stereocenters. The molecule has 0 aliphatic carbocycles. The molecule has 0 saturated carbocycles. The Morgan fingerprint density at radius 1 is 0.786 bits per heavy atom. The molecule has 2 saturated heterocycles. The molecule has 1 aromatic carbocycles. The number of piperazine rings is 1. The number of carbonyl (C=O) groups excluding carboxylic acids is 1. The van der Waals surface area contributed by atoms with Gasteiger partial charge in [0.1, 0.15) is 0 Å². The number of rotatable bonds is 3. The lowest BCUT2D eigenvalue weighted by Crippen LogP contribution is -2.49. The number of hydrogen-bond donors (Lipinski definition) is 0. The average molecular weight is 444 g/mol. The van der Waals surface area contributed by atoms with Crippen LogP contribution in [0.3, 0.4) is 0 Å². The minimum atomic E-state index is 0.0866. The SMILES string of the molecule is O=C(c1cccc(Br)c1)N1CCN(c2ccc(N3CCCCCC3)nn2)CC1. The van der Waals surface area contributed by atoms with E-state index in [9.17, 15) is 4.79 Å². The summed E-state index contributed by atoms with van der Waals surface area (Å²) in [5.74, 6) is 1.96. The molecule has 0 spiro atoms. The summed E-state index contributed by atoms with van der Waals surface area (Å²) in [7, 11) is 0. The molecule has 2 aromatic rings. The number of nitrogens with zero attached hydrogens (tertiary/aromatic N) is 5. The fraction of sp³-hybridized carbons (Fsp3) is 0.476. The molecule has 4 rings (SSSR count). The maximum atomic E-state index is 12.7. The van der Waals surface area contributed by atoms with Crippen molar-refractivity contribution in [3.63, 3.8) is 0 Å². The van der Waals surface area contributed by atoms with Gasteiger partial charge >= 0.3 is 0 Å². The fourth-order valence-electron chi connectivity index (χ4n) is 3.90. The summed E-state index contributed by atoms with van der Waals surface area (Å²) in [5, 5.41) is 8.95. The van der Waals surface area contributed by atoms with Crippen LogP contribution in [0, 0.1) is 0 Å². The van der Waals surface area contributed by atoms with E-state index in [-0.39, 0.29) is 5.91 Å². The van der Waals surface area contributed by atoms with Crippen LogP contribution in [-0.2, 0) is 0 Å². The molecule has 2 fully saturated rings. The Hall–Kier alpha value is -2.15. The normalized spacial score (nSPS) is 18.1. The van der Waals surface area contributed by atoms with Crippen LogP contribution in [0.2, 0.25) is 0 Å². The van der Waals surface area contributed by atoms with E-state index >= 15 is 0 Å². The molecule has 6 nitrogen and oxygen atoms in total. The van der Waals surface area contributed by atoms with Crippen molar-refractivity contribution in [2.45, 2.75) is 25.7 Å². The zero-order valence-corrected chi connectivity index (χ0v) is 17.6. The standard InChI is InChI=1S/C21H26BrN5O/c22-18-7-5-6-17(16-18)21(28)27-14-12-26(13-15-27)20-9-8-19(23-24-20)25-10-3-1-2-4-11-25/h5-9,16H,1-4,10-15H2. The van der Waals surface area contributed by atoms with Crippen molar-refractivity contribution < 1.29 is 4.79 Å². The van der Waals surface area contributed by atoms with Gasteiger partial charge < -0.3 is 14.7 Å². The Bertz CT molecular complexity index is 797. The number of halogens is 1. The first-order valence-electron chi connectivity index (χ1n) is 10.1. The number of aromatic nitrogens is 2. The molecule has 2 aliphatic rings. The second-order valence-corrected chi connectivity index (χ2v) is 8.36. The molecule has 0 atom stereocenters. The van der Waals surface area contributed by atoms with E-state index in [4.69, 9.17) is 0 Å². The van der Waals surface area contributed by atoms with Crippen molar-refractivity contribution in [3.05, 3.63) is 46.4 Å². The van der Waals surface area contributed by atoms with Gasteiger partial charge in [-0.2, -0.15) is 0 Å². The van der Waals surface area contributed by atoms with E-state index in [0.29, 0.717) is 13.1 Å². The van der Waals surface area contributed by atoms with E-state index in [2.05, 4.69) is 48.1 Å². The van der Waals surface area contributed by atoms with Crippen LogP contribution < -0.4 is 9.80 Å². The first-order valence-corrected chi connectivity index (χ1v) is 10.9. The predicted octanol–water partition coefficient (Wildman–Crippen LogP) is 3.58. The van der Waals surface area contributed by atoms with Gasteiger partial charge in [0.15, 0.2) is 11.6 Å². The van der Waals surface area contributed by atoms with Crippen molar-refractivity contribution >= 4 is 33.5 Å². The molecule has 7 heteroatoms. The number of anilines is 2. The third kappa shape index (κ3) is 4.46. The Kier molecular flexibility index (Phi) is 6.10. The molecule has 148 valence electrons. The Morgan fingerprint density at radius 2 is 1.39 bits per heavy atom. The van der Waals surface area contributed by atoms with E-state index in [1.807, 2.05) is 29.2 Å². The summed E-state index contributed by atoms with van der Waals surface area (Å²) < 4.78 is 0.928. The van der Waals surface area contributed by atoms with Gasteiger partial charge in [0.25, 0.3) is 5.91 Å². The maximum Gasteiger partial charge on any atom is 0.254 e. The average Bonchev–Trinajstić information content (AvgIpc) is 3.03. The lowest BCUT2D eigenvalue weighted by Gasteiger charge is -2.35. The highest BCUT2D eigenvalue weighted by atomic mass is 79.9. The minimum absolute atomic E-state index is 0.0866. The molecular formula is C21H26BrN5O. The maximum absolute atomic E-state index is 12.7. The van der Waals surface area contributed by atoms with Crippen LogP contribution >= 0.6 is 15.9 Å². The van der Waals surface area contributed by atoms with Gasteiger partial charge in [0.2, 0.25) is 0 Å². The van der Waals surface area contributed by atoms with Gasteiger partial charge in [0, 0.05) is 49.3 Å². The van der Waals surface area contributed by atoms with E-state index in [0.717, 1.165) is 47.9 Å². The molecule has 0 N–H and O–H groups in total. The van der Waals surface area contributed by atoms with Gasteiger partial charge in [-0.1, -0.05) is 34.8 Å². The molecule has 28 heavy (non-hydrogen) atoms. The molecule has 0 radical (unpaired) electrons. The summed E-state index contributed by atoms with van der Waals surface area (Å²) in [6.45, 7) is 5.09. The highest BCUT2D eigenvalue weighted by molar-refractivity contribution is 9.10. The van der Waals surface area contributed by atoms with Gasteiger partial charge in [0.05, 0.1) is 0 Å². The predicted molar refractivity (Wildman–Crippen MR) is 115 cm³/mol. The summed E-state index contributed by atoms with van der Waals surface area (Å²) in [4.78, 5) is 19.2. The van der Waals surface area contributed by atoms with Crippen molar-refractivity contribution in [3.8, 4) is 0 Å². The van der Waals surface area contributed by atoms with E-state index in [1.54, 1.807) is 0 Å². The van der Waals surface area contributed by atoms with Gasteiger partial charge in [-0.25, -0.2) is 0 Å². The molecular weight excluding hydrogens is 418 g/mol. The molecule has 2 aliphatic heterocycles. The Morgan fingerprint density at radius 3 is 1.96 bits per heavy atom. The summed E-state index contributed by atoms with van der Waals surface area (Å²) in [6.07, 6.45) is 5.09. The monoisotopic (exact) mass is 443 g/mol. The van der Waals surface area contributed by atoms with Crippen LogP contribution in [-0.4, -0.2) is 60.3 Å². The zero-order valence-electron chi connectivity index (χ0n) is 16.1. The lowest BCUT2D eigenvalue weighted by molar-refractivity contribution is 0.0746. The van der Waals surface area contributed by atoms with Crippen LogP contribution in [0.15, 0.2) is 40.9 Å². The molecule has 3 heterocycles.